The van der Waals surface area contributed by atoms with Crippen LogP contribution < -0.4 is 5.32 Å². The van der Waals surface area contributed by atoms with E-state index in [1.807, 2.05) is 0 Å². The van der Waals surface area contributed by atoms with Crippen LogP contribution in [0.4, 0.5) is 15.9 Å². The number of nitro groups is 1. The molecule has 0 radical (unpaired) electrons. The second-order valence-electron chi connectivity index (χ2n) is 4.19. The zero-order valence-corrected chi connectivity index (χ0v) is 10.8. The fourth-order valence-electron chi connectivity index (χ4n) is 1.66. The molecule has 0 saturated heterocycles. The first-order valence-electron chi connectivity index (χ1n) is 5.64. The fraction of sp³-hybridized carbons (Fsp3) is 0.167. The molecule has 0 aliphatic carbocycles. The lowest BCUT2D eigenvalue weighted by Crippen LogP contribution is -2.13. The summed E-state index contributed by atoms with van der Waals surface area (Å²) < 4.78 is 15.1. The highest BCUT2D eigenvalue weighted by Crippen LogP contribution is 2.23. The third-order valence-electron chi connectivity index (χ3n) is 2.73. The third-order valence-corrected chi connectivity index (χ3v) is 2.73. The number of aromatic nitrogens is 2. The van der Waals surface area contributed by atoms with Crippen molar-refractivity contribution in [3.05, 3.63) is 51.5 Å². The molecule has 0 unspecified atom stereocenters. The Bertz CT molecular complexity index is 696. The van der Waals surface area contributed by atoms with Crippen molar-refractivity contribution in [2.75, 3.05) is 5.32 Å². The molecule has 1 aromatic carbocycles. The highest BCUT2D eigenvalue weighted by molar-refractivity contribution is 6.04. The van der Waals surface area contributed by atoms with E-state index in [-0.39, 0.29) is 16.9 Å². The zero-order chi connectivity index (χ0) is 14.9. The number of amides is 1. The molecule has 20 heavy (non-hydrogen) atoms. The molecule has 0 bridgehead atoms. The average molecular weight is 278 g/mol. The van der Waals surface area contributed by atoms with Crippen LogP contribution in [0.1, 0.15) is 15.9 Å². The van der Waals surface area contributed by atoms with E-state index < -0.39 is 22.3 Å². The van der Waals surface area contributed by atoms with Gasteiger partial charge in [-0.3, -0.25) is 19.6 Å². The Morgan fingerprint density at radius 1 is 1.50 bits per heavy atom. The maximum absolute atomic E-state index is 13.6. The second kappa shape index (κ2) is 5.08. The van der Waals surface area contributed by atoms with Gasteiger partial charge in [-0.1, -0.05) is 0 Å². The number of halogens is 1. The summed E-state index contributed by atoms with van der Waals surface area (Å²) in [6.07, 6.45) is 1.62. The Hall–Kier alpha value is -2.77. The minimum atomic E-state index is -0.801. The number of hydrogen-bond acceptors (Lipinski definition) is 4. The van der Waals surface area contributed by atoms with Crippen LogP contribution in [-0.4, -0.2) is 20.6 Å². The van der Waals surface area contributed by atoms with E-state index in [2.05, 4.69) is 10.4 Å². The molecule has 7 nitrogen and oxygen atoms in total. The quantitative estimate of drug-likeness (QED) is 0.687. The van der Waals surface area contributed by atoms with Gasteiger partial charge < -0.3 is 5.32 Å². The van der Waals surface area contributed by atoms with E-state index in [1.165, 1.54) is 11.6 Å². The molecule has 0 spiro atoms. The van der Waals surface area contributed by atoms with E-state index in [1.54, 1.807) is 19.3 Å². The molecule has 1 amide bonds. The first kappa shape index (κ1) is 13.7. The molecule has 2 aromatic rings. The minimum absolute atomic E-state index is 0.107. The average Bonchev–Trinajstić information content (AvgIpc) is 2.77. The Labute approximate surface area is 113 Å². The maximum atomic E-state index is 13.6. The van der Waals surface area contributed by atoms with Crippen molar-refractivity contribution in [1.82, 2.24) is 9.78 Å². The number of rotatable bonds is 3. The van der Waals surface area contributed by atoms with Crippen molar-refractivity contribution in [2.45, 2.75) is 6.92 Å². The Balaban J connectivity index is 2.32. The van der Waals surface area contributed by atoms with E-state index in [0.29, 0.717) is 0 Å². The Kier molecular flexibility index (Phi) is 3.47. The van der Waals surface area contributed by atoms with E-state index in [4.69, 9.17) is 0 Å². The van der Waals surface area contributed by atoms with Crippen molar-refractivity contribution in [3.8, 4) is 0 Å². The smallest absolute Gasteiger partial charge is 0.276 e. The maximum Gasteiger partial charge on any atom is 0.276 e. The van der Waals surface area contributed by atoms with E-state index in [9.17, 15) is 19.3 Å². The number of nitrogens with zero attached hydrogens (tertiary/aromatic N) is 3. The SMILES string of the molecule is Cc1c(F)cc(C(=O)Nc2ccn(C)n2)cc1[N+](=O)[O-]. The van der Waals surface area contributed by atoms with Crippen molar-refractivity contribution in [2.24, 2.45) is 7.05 Å². The molecule has 1 heterocycles. The lowest BCUT2D eigenvalue weighted by Gasteiger charge is -2.04. The molecule has 1 N–H and O–H groups in total. The monoisotopic (exact) mass is 278 g/mol. The van der Waals surface area contributed by atoms with Crippen LogP contribution in [-0.2, 0) is 7.05 Å². The fourth-order valence-corrected chi connectivity index (χ4v) is 1.66. The largest absolute Gasteiger partial charge is 0.305 e. The number of carbonyl (C=O) groups excluding carboxylic acids is 1. The van der Waals surface area contributed by atoms with Crippen LogP contribution in [0.5, 0.6) is 0 Å². The van der Waals surface area contributed by atoms with Gasteiger partial charge in [-0.15, -0.1) is 0 Å². The summed E-state index contributed by atoms with van der Waals surface area (Å²) in [5, 5.41) is 17.2. The first-order chi connectivity index (χ1) is 9.38. The van der Waals surface area contributed by atoms with Crippen LogP contribution in [0.15, 0.2) is 24.4 Å². The van der Waals surface area contributed by atoms with Gasteiger partial charge in [0.2, 0.25) is 0 Å². The van der Waals surface area contributed by atoms with Crippen molar-refractivity contribution in [3.63, 3.8) is 0 Å². The van der Waals surface area contributed by atoms with Crippen LogP contribution >= 0.6 is 0 Å². The molecule has 104 valence electrons. The molecule has 0 atom stereocenters. The third kappa shape index (κ3) is 2.63. The molecule has 0 saturated carbocycles. The summed E-state index contributed by atoms with van der Waals surface area (Å²) in [4.78, 5) is 22.0. The van der Waals surface area contributed by atoms with Gasteiger partial charge in [0.1, 0.15) is 5.82 Å². The van der Waals surface area contributed by atoms with Gasteiger partial charge in [-0.25, -0.2) is 4.39 Å². The summed E-state index contributed by atoms with van der Waals surface area (Å²) in [5.41, 5.74) is -0.675. The number of anilines is 1. The molecule has 2 rings (SSSR count). The lowest BCUT2D eigenvalue weighted by atomic mass is 10.1. The van der Waals surface area contributed by atoms with Crippen LogP contribution in [0.25, 0.3) is 0 Å². The number of aryl methyl sites for hydroxylation is 1. The number of hydrogen-bond donors (Lipinski definition) is 1. The molecule has 0 aliphatic rings. The summed E-state index contributed by atoms with van der Waals surface area (Å²) in [7, 11) is 1.67. The highest BCUT2D eigenvalue weighted by atomic mass is 19.1. The highest BCUT2D eigenvalue weighted by Gasteiger charge is 2.19. The molecular formula is C12H11FN4O3. The number of nitrogens with one attached hydrogen (secondary N) is 1. The number of carbonyl (C=O) groups is 1. The summed E-state index contributed by atoms with van der Waals surface area (Å²) in [6, 6.07) is 3.55. The van der Waals surface area contributed by atoms with Crippen LogP contribution in [0, 0.1) is 22.9 Å². The minimum Gasteiger partial charge on any atom is -0.305 e. The van der Waals surface area contributed by atoms with Gasteiger partial charge in [-0.2, -0.15) is 5.10 Å². The van der Waals surface area contributed by atoms with Crippen molar-refractivity contribution < 1.29 is 14.1 Å². The van der Waals surface area contributed by atoms with E-state index in [0.717, 1.165) is 12.1 Å². The molecule has 1 aromatic heterocycles. The van der Waals surface area contributed by atoms with Crippen molar-refractivity contribution in [1.29, 1.82) is 0 Å². The summed E-state index contributed by atoms with van der Waals surface area (Å²) in [6.45, 7) is 1.29. The van der Waals surface area contributed by atoms with Gasteiger partial charge in [-0.05, 0) is 13.0 Å². The number of nitro benzene ring substituents is 1. The molecule has 0 fully saturated rings. The van der Waals surface area contributed by atoms with Gasteiger partial charge >= 0.3 is 0 Å². The lowest BCUT2D eigenvalue weighted by molar-refractivity contribution is -0.385. The Morgan fingerprint density at radius 2 is 2.20 bits per heavy atom. The zero-order valence-electron chi connectivity index (χ0n) is 10.8. The molecular weight excluding hydrogens is 267 g/mol. The van der Waals surface area contributed by atoms with Gasteiger partial charge in [0.15, 0.2) is 5.82 Å². The van der Waals surface area contributed by atoms with E-state index >= 15 is 0 Å². The normalized spacial score (nSPS) is 10.3. The topological polar surface area (TPSA) is 90.1 Å². The predicted molar refractivity (Wildman–Crippen MR) is 69.0 cm³/mol. The standard InChI is InChI=1S/C12H11FN4O3/c1-7-9(13)5-8(6-10(7)17(19)20)12(18)14-11-3-4-16(2)15-11/h3-6H,1-2H3,(H,14,15,18). The van der Waals surface area contributed by atoms with Gasteiger partial charge in [0.05, 0.1) is 10.5 Å². The van der Waals surface area contributed by atoms with Crippen LogP contribution in [0.3, 0.4) is 0 Å². The van der Waals surface area contributed by atoms with Gasteiger partial charge in [0, 0.05) is 30.9 Å². The Morgan fingerprint density at radius 3 is 2.75 bits per heavy atom. The van der Waals surface area contributed by atoms with Crippen molar-refractivity contribution >= 4 is 17.4 Å². The summed E-state index contributed by atoms with van der Waals surface area (Å²) in [5.74, 6) is -1.18. The molecule has 0 aliphatic heterocycles. The van der Waals surface area contributed by atoms with Gasteiger partial charge in [0.25, 0.3) is 11.6 Å². The first-order valence-corrected chi connectivity index (χ1v) is 5.64. The second-order valence-corrected chi connectivity index (χ2v) is 4.19. The predicted octanol–water partition coefficient (Wildman–Crippen LogP) is 2.03. The molecule has 8 heteroatoms. The van der Waals surface area contributed by atoms with Crippen LogP contribution in [0.2, 0.25) is 0 Å². The summed E-state index contributed by atoms with van der Waals surface area (Å²) >= 11 is 0. The number of benzene rings is 1.